The van der Waals surface area contributed by atoms with E-state index in [1.54, 1.807) is 9.80 Å². The van der Waals surface area contributed by atoms with Gasteiger partial charge < -0.3 is 9.80 Å². The molecule has 2 unspecified atom stereocenters. The highest BCUT2D eigenvalue weighted by molar-refractivity contribution is 6.42. The van der Waals surface area contributed by atoms with Gasteiger partial charge in [0, 0.05) is 73.7 Å². The number of carbonyl (C=O) groups excluding carboxylic acids is 2. The van der Waals surface area contributed by atoms with Crippen molar-refractivity contribution in [2.45, 2.75) is 38.0 Å². The van der Waals surface area contributed by atoms with E-state index in [1.165, 1.54) is 18.5 Å². The van der Waals surface area contributed by atoms with Gasteiger partial charge in [0.05, 0.1) is 17.1 Å². The fourth-order valence-electron chi connectivity index (χ4n) is 5.54. The molecule has 47 heavy (non-hydrogen) atoms. The zero-order chi connectivity index (χ0) is 33.7. The van der Waals surface area contributed by atoms with E-state index in [2.05, 4.69) is 0 Å². The van der Waals surface area contributed by atoms with Gasteiger partial charge in [-0.25, -0.2) is 26.3 Å². The van der Waals surface area contributed by atoms with Crippen LogP contribution in [0.4, 0.5) is 26.3 Å². The number of ketones is 2. The maximum atomic E-state index is 14.2. The van der Waals surface area contributed by atoms with Crippen molar-refractivity contribution in [2.24, 2.45) is 0 Å². The smallest absolute Gasteiger partial charge is 0.178 e. The summed E-state index contributed by atoms with van der Waals surface area (Å²) >= 11 is 5.91. The van der Waals surface area contributed by atoms with Crippen LogP contribution < -0.4 is 0 Å². The average molecular weight is 669 g/mol. The Morgan fingerprint density at radius 2 is 1.04 bits per heavy atom. The number of halogens is 7. The van der Waals surface area contributed by atoms with Crippen LogP contribution in [0.15, 0.2) is 108 Å². The molecule has 0 bridgehead atoms. The van der Waals surface area contributed by atoms with E-state index in [0.717, 1.165) is 11.1 Å². The number of allylic oxidation sites excluding steroid dienone is 2. The van der Waals surface area contributed by atoms with Gasteiger partial charge in [0.15, 0.2) is 11.6 Å². The minimum absolute atomic E-state index is 0.00473. The van der Waals surface area contributed by atoms with E-state index < -0.39 is 52.8 Å². The van der Waals surface area contributed by atoms with Crippen molar-refractivity contribution in [3.63, 3.8) is 0 Å². The first-order chi connectivity index (χ1) is 22.5. The largest absolute Gasteiger partial charge is 0.365 e. The average Bonchev–Trinajstić information content (AvgIpc) is 3.01. The Labute approximate surface area is 272 Å². The van der Waals surface area contributed by atoms with Crippen molar-refractivity contribution in [3.05, 3.63) is 166 Å². The number of hydrogen-bond acceptors (Lipinski definition) is 4. The maximum Gasteiger partial charge on any atom is 0.178 e. The molecule has 0 aliphatic carbocycles. The zero-order valence-corrected chi connectivity index (χ0v) is 25.4. The van der Waals surface area contributed by atoms with Crippen molar-refractivity contribution in [3.8, 4) is 0 Å². The highest BCUT2D eigenvalue weighted by atomic mass is 35.5. The van der Waals surface area contributed by atoms with Crippen LogP contribution in [0.3, 0.4) is 0 Å². The molecule has 242 valence electrons. The van der Waals surface area contributed by atoms with E-state index in [9.17, 15) is 35.9 Å². The van der Waals surface area contributed by atoms with Gasteiger partial charge in [0.25, 0.3) is 0 Å². The van der Waals surface area contributed by atoms with Crippen molar-refractivity contribution >= 4 is 23.2 Å². The van der Waals surface area contributed by atoms with Crippen LogP contribution in [-0.2, 0) is 22.7 Å². The predicted molar refractivity (Wildman–Crippen MR) is 164 cm³/mol. The molecule has 4 aromatic carbocycles. The van der Waals surface area contributed by atoms with E-state index in [4.69, 9.17) is 11.6 Å². The summed E-state index contributed by atoms with van der Waals surface area (Å²) in [6.07, 6.45) is 4.07. The van der Waals surface area contributed by atoms with E-state index in [1.807, 2.05) is 60.7 Å². The van der Waals surface area contributed by atoms with Gasteiger partial charge in [0.1, 0.15) is 34.9 Å². The standard InChI is InChI=1S/C18H13ClF3NO.C18H14F3NO/c19-13-10-23(9-11-4-2-1-3-5-11)16(8-17(13)24)18-14(21)6-12(20)7-15(18)22;19-13-8-15(20)18(16(21)9-13)17-10-14(23)6-7-22(17)11-12-4-2-1-3-5-12/h1-7,10,16H,8-9H2;1-9,17H,10-11H2. The summed E-state index contributed by atoms with van der Waals surface area (Å²) in [5, 5.41) is 0.00473. The van der Waals surface area contributed by atoms with Crippen LogP contribution in [0.2, 0.25) is 0 Å². The van der Waals surface area contributed by atoms with Crippen LogP contribution >= 0.6 is 11.6 Å². The van der Waals surface area contributed by atoms with Gasteiger partial charge in [-0.3, -0.25) is 9.59 Å². The highest BCUT2D eigenvalue weighted by Crippen LogP contribution is 2.37. The Bertz CT molecular complexity index is 1790. The molecule has 11 heteroatoms. The van der Waals surface area contributed by atoms with Crippen molar-refractivity contribution in [2.75, 3.05) is 0 Å². The van der Waals surface area contributed by atoms with Gasteiger partial charge >= 0.3 is 0 Å². The molecule has 0 saturated carbocycles. The minimum Gasteiger partial charge on any atom is -0.365 e. The summed E-state index contributed by atoms with van der Waals surface area (Å²) in [5.41, 5.74) is 1.22. The lowest BCUT2D eigenvalue weighted by molar-refractivity contribution is -0.117. The molecular weight excluding hydrogens is 642 g/mol. The quantitative estimate of drug-likeness (QED) is 0.193. The monoisotopic (exact) mass is 668 g/mol. The molecule has 2 atom stereocenters. The summed E-state index contributed by atoms with van der Waals surface area (Å²) in [7, 11) is 0. The van der Waals surface area contributed by atoms with E-state index in [0.29, 0.717) is 37.4 Å². The fourth-order valence-corrected chi connectivity index (χ4v) is 5.75. The molecular formula is C36H27ClF6N2O2. The lowest BCUT2D eigenvalue weighted by atomic mass is 9.95. The molecule has 0 saturated heterocycles. The third kappa shape index (κ3) is 8.13. The van der Waals surface area contributed by atoms with E-state index in [-0.39, 0.29) is 34.8 Å². The SMILES string of the molecule is O=C1C=CN(Cc2ccccc2)C(c2c(F)cc(F)cc2F)C1.O=C1CC(c2c(F)cc(F)cc2F)N(Cc2ccccc2)C=C1Cl. The van der Waals surface area contributed by atoms with Crippen LogP contribution in [0.5, 0.6) is 0 Å². The number of hydrogen-bond donors (Lipinski definition) is 0. The first kappa shape index (κ1) is 33.5. The molecule has 2 aliphatic rings. The van der Waals surface area contributed by atoms with Crippen molar-refractivity contribution < 1.29 is 35.9 Å². The molecule has 2 heterocycles. The summed E-state index contributed by atoms with van der Waals surface area (Å²) in [6.45, 7) is 0.705. The van der Waals surface area contributed by atoms with Gasteiger partial charge in [-0.05, 0) is 17.2 Å². The van der Waals surface area contributed by atoms with E-state index >= 15 is 0 Å². The molecule has 0 radical (unpaired) electrons. The number of rotatable bonds is 6. The second-order valence-electron chi connectivity index (χ2n) is 11.0. The molecule has 0 amide bonds. The third-order valence-corrected chi connectivity index (χ3v) is 8.05. The fraction of sp³-hybridized carbons (Fsp3) is 0.167. The Morgan fingerprint density at radius 1 is 0.617 bits per heavy atom. The third-order valence-electron chi connectivity index (χ3n) is 7.74. The van der Waals surface area contributed by atoms with Gasteiger partial charge in [0.2, 0.25) is 0 Å². The number of nitrogens with zero attached hydrogens (tertiary/aromatic N) is 2. The topological polar surface area (TPSA) is 40.6 Å². The number of benzene rings is 4. The first-order valence-electron chi connectivity index (χ1n) is 14.5. The predicted octanol–water partition coefficient (Wildman–Crippen LogP) is 8.83. The summed E-state index contributed by atoms with van der Waals surface area (Å²) in [6, 6.07) is 19.4. The van der Waals surface area contributed by atoms with Crippen LogP contribution in [0.1, 0.15) is 47.2 Å². The minimum atomic E-state index is -1.02. The van der Waals surface area contributed by atoms with Crippen molar-refractivity contribution in [1.29, 1.82) is 0 Å². The molecule has 0 spiro atoms. The van der Waals surface area contributed by atoms with Gasteiger partial charge in [-0.1, -0.05) is 72.3 Å². The Morgan fingerprint density at radius 3 is 1.51 bits per heavy atom. The van der Waals surface area contributed by atoms with Gasteiger partial charge in [-0.15, -0.1) is 0 Å². The molecule has 0 fully saturated rings. The zero-order valence-electron chi connectivity index (χ0n) is 24.7. The number of Topliss-reactive ketones (excluding diaryl/α,β-unsaturated/α-hetero) is 1. The maximum absolute atomic E-state index is 14.2. The Kier molecular flexibility index (Phi) is 10.5. The summed E-state index contributed by atoms with van der Waals surface area (Å²) in [4.78, 5) is 26.9. The molecule has 0 aromatic heterocycles. The van der Waals surface area contributed by atoms with Crippen LogP contribution in [0.25, 0.3) is 0 Å². The summed E-state index contributed by atoms with van der Waals surface area (Å²) in [5.74, 6) is -6.60. The second kappa shape index (κ2) is 14.7. The molecule has 4 aromatic rings. The first-order valence-corrected chi connectivity index (χ1v) is 14.9. The van der Waals surface area contributed by atoms with Crippen LogP contribution in [-0.4, -0.2) is 21.4 Å². The normalized spacial score (nSPS) is 17.7. The molecule has 4 nitrogen and oxygen atoms in total. The molecule has 2 aliphatic heterocycles. The Balaban J connectivity index is 0.000000185. The van der Waals surface area contributed by atoms with Gasteiger partial charge in [-0.2, -0.15) is 0 Å². The Hall–Kier alpha value is -4.83. The molecule has 0 N–H and O–H groups in total. The summed E-state index contributed by atoms with van der Waals surface area (Å²) < 4.78 is 82.8. The number of carbonyl (C=O) groups is 2. The molecule has 6 rings (SSSR count). The van der Waals surface area contributed by atoms with Crippen LogP contribution in [0, 0.1) is 34.9 Å². The lowest BCUT2D eigenvalue weighted by Gasteiger charge is -2.34. The second-order valence-corrected chi connectivity index (χ2v) is 11.4. The van der Waals surface area contributed by atoms with Crippen molar-refractivity contribution in [1.82, 2.24) is 9.80 Å². The lowest BCUT2D eigenvalue weighted by Crippen LogP contribution is -2.31. The highest BCUT2D eigenvalue weighted by Gasteiger charge is 2.33.